The van der Waals surface area contributed by atoms with Gasteiger partial charge in [0.05, 0.1) is 17.5 Å². The number of alkyl halides is 6. The molecule has 0 amide bonds. The summed E-state index contributed by atoms with van der Waals surface area (Å²) in [6.07, 6.45) is -11.9. The van der Waals surface area contributed by atoms with Gasteiger partial charge in [0, 0.05) is 17.8 Å². The lowest BCUT2D eigenvalue weighted by atomic mass is 9.85. The largest absolute Gasteiger partial charge is 0.481 e. The smallest absolute Gasteiger partial charge is 0.417 e. The van der Waals surface area contributed by atoms with Gasteiger partial charge in [0.1, 0.15) is 0 Å². The van der Waals surface area contributed by atoms with E-state index in [1.54, 1.807) is 13.0 Å². The molecule has 2 rings (SSSR count). The minimum Gasteiger partial charge on any atom is -0.481 e. The molecule has 0 aromatic heterocycles. The Morgan fingerprint density at radius 1 is 1.00 bits per heavy atom. The highest BCUT2D eigenvalue weighted by Gasteiger charge is 2.48. The van der Waals surface area contributed by atoms with Crippen LogP contribution in [-0.4, -0.2) is 17.6 Å². The van der Waals surface area contributed by atoms with Crippen LogP contribution in [0.3, 0.4) is 0 Å². The molecule has 0 spiro atoms. The Kier molecular flexibility index (Phi) is 5.96. The number of benzene rings is 2. The molecule has 0 unspecified atom stereocenters. The fourth-order valence-corrected chi connectivity index (χ4v) is 3.26. The van der Waals surface area contributed by atoms with Crippen LogP contribution in [0.15, 0.2) is 30.3 Å². The van der Waals surface area contributed by atoms with Gasteiger partial charge in [0.25, 0.3) is 0 Å². The lowest BCUT2D eigenvalue weighted by Gasteiger charge is -2.27. The van der Waals surface area contributed by atoms with Crippen molar-refractivity contribution in [1.82, 2.24) is 0 Å². The highest BCUT2D eigenvalue weighted by atomic mass is 19.4. The first-order valence-corrected chi connectivity index (χ1v) is 8.24. The summed E-state index contributed by atoms with van der Waals surface area (Å²) in [5.74, 6) is -1.67. The van der Waals surface area contributed by atoms with Crippen LogP contribution in [0.4, 0.5) is 32.0 Å². The van der Waals surface area contributed by atoms with Crippen LogP contribution < -0.4 is 5.32 Å². The highest BCUT2D eigenvalue weighted by molar-refractivity contribution is 5.88. The summed E-state index contributed by atoms with van der Waals surface area (Å²) in [6.45, 7) is 2.61. The van der Waals surface area contributed by atoms with Crippen LogP contribution in [-0.2, 0) is 23.6 Å². The van der Waals surface area contributed by atoms with E-state index in [-0.39, 0.29) is 23.4 Å². The number of hydrogen-bond acceptors (Lipinski definition) is 2. The first-order valence-electron chi connectivity index (χ1n) is 8.24. The Bertz CT molecular complexity index is 873. The molecule has 9 heteroatoms. The van der Waals surface area contributed by atoms with E-state index in [9.17, 15) is 31.1 Å². The summed E-state index contributed by atoms with van der Waals surface area (Å²) in [4.78, 5) is 11.2. The number of carboxylic acids is 1. The number of aliphatic carboxylic acids is 1. The minimum atomic E-state index is -5.39. The van der Waals surface area contributed by atoms with Gasteiger partial charge in [0.15, 0.2) is 0 Å². The van der Waals surface area contributed by atoms with Gasteiger partial charge in [0.2, 0.25) is 0 Å². The second-order valence-electron chi connectivity index (χ2n) is 6.07. The van der Waals surface area contributed by atoms with Crippen molar-refractivity contribution in [3.63, 3.8) is 0 Å². The van der Waals surface area contributed by atoms with Crippen molar-refractivity contribution in [3.05, 3.63) is 52.6 Å². The quantitative estimate of drug-likeness (QED) is 0.622. The highest BCUT2D eigenvalue weighted by Crippen LogP contribution is 2.50. The van der Waals surface area contributed by atoms with Crippen LogP contribution in [0, 0.1) is 6.92 Å². The van der Waals surface area contributed by atoms with Crippen molar-refractivity contribution < 1.29 is 36.2 Å². The third-order valence-electron chi connectivity index (χ3n) is 4.16. The molecule has 0 atom stereocenters. The van der Waals surface area contributed by atoms with Crippen LogP contribution in [0.1, 0.15) is 29.2 Å². The summed E-state index contributed by atoms with van der Waals surface area (Å²) in [5.41, 5.74) is -5.48. The predicted octanol–water partition coefficient (Wildman–Crippen LogP) is 5.76. The van der Waals surface area contributed by atoms with Crippen molar-refractivity contribution >= 4 is 11.7 Å². The van der Waals surface area contributed by atoms with Gasteiger partial charge < -0.3 is 10.4 Å². The number of rotatable bonds is 5. The van der Waals surface area contributed by atoms with Gasteiger partial charge in [-0.2, -0.15) is 26.3 Å². The summed E-state index contributed by atoms with van der Waals surface area (Å²) >= 11 is 0. The number of anilines is 1. The maximum Gasteiger partial charge on any atom is 0.417 e. The Hall–Kier alpha value is -2.71. The third kappa shape index (κ3) is 4.23. The molecule has 0 heterocycles. The Morgan fingerprint density at radius 3 is 1.96 bits per heavy atom. The molecule has 2 aromatic rings. The monoisotopic (exact) mass is 405 g/mol. The van der Waals surface area contributed by atoms with Crippen molar-refractivity contribution in [2.45, 2.75) is 32.6 Å². The summed E-state index contributed by atoms with van der Waals surface area (Å²) < 4.78 is 82.2. The Morgan fingerprint density at radius 2 is 1.54 bits per heavy atom. The van der Waals surface area contributed by atoms with Crippen LogP contribution >= 0.6 is 0 Å². The average molecular weight is 405 g/mol. The molecule has 2 aromatic carbocycles. The van der Waals surface area contributed by atoms with Gasteiger partial charge in [-0.3, -0.25) is 4.79 Å². The zero-order valence-electron chi connectivity index (χ0n) is 14.9. The molecule has 28 heavy (non-hydrogen) atoms. The number of carboxylic acid groups (broad SMARTS) is 1. The molecule has 3 nitrogen and oxygen atoms in total. The van der Waals surface area contributed by atoms with E-state index in [0.717, 1.165) is 6.92 Å². The first-order chi connectivity index (χ1) is 12.9. The van der Waals surface area contributed by atoms with E-state index in [0.29, 0.717) is 0 Å². The summed E-state index contributed by atoms with van der Waals surface area (Å²) in [6, 6.07) is 7.60. The molecule has 2 N–H and O–H groups in total. The van der Waals surface area contributed by atoms with Crippen molar-refractivity contribution in [1.29, 1.82) is 0 Å². The van der Waals surface area contributed by atoms with Gasteiger partial charge in [-0.05, 0) is 30.5 Å². The summed E-state index contributed by atoms with van der Waals surface area (Å²) in [7, 11) is 0. The first kappa shape index (κ1) is 21.6. The van der Waals surface area contributed by atoms with E-state index >= 15 is 0 Å². The molecular weight excluding hydrogens is 388 g/mol. The van der Waals surface area contributed by atoms with Crippen LogP contribution in [0.25, 0.3) is 11.1 Å². The lowest BCUT2D eigenvalue weighted by Crippen LogP contribution is -2.24. The van der Waals surface area contributed by atoms with Gasteiger partial charge in [-0.15, -0.1) is 0 Å². The van der Waals surface area contributed by atoms with Crippen LogP contribution in [0.2, 0.25) is 0 Å². The number of nitrogens with one attached hydrogen (secondary N) is 1. The second-order valence-corrected chi connectivity index (χ2v) is 6.07. The zero-order chi connectivity index (χ0) is 21.3. The van der Waals surface area contributed by atoms with Crippen LogP contribution in [0.5, 0.6) is 0 Å². The van der Waals surface area contributed by atoms with Crippen molar-refractivity contribution in [3.8, 4) is 11.1 Å². The van der Waals surface area contributed by atoms with Crippen molar-refractivity contribution in [2.75, 3.05) is 11.9 Å². The molecule has 0 aliphatic carbocycles. The molecule has 0 radical (unpaired) electrons. The van der Waals surface area contributed by atoms with Gasteiger partial charge in [-0.25, -0.2) is 0 Å². The average Bonchev–Trinajstić information content (AvgIpc) is 2.55. The van der Waals surface area contributed by atoms with E-state index in [1.165, 1.54) is 24.3 Å². The van der Waals surface area contributed by atoms with Gasteiger partial charge in [-0.1, -0.05) is 30.3 Å². The maximum atomic E-state index is 13.7. The Balaban J connectivity index is 3.12. The van der Waals surface area contributed by atoms with E-state index in [1.807, 2.05) is 0 Å². The molecular formula is C19H17F6NO2. The van der Waals surface area contributed by atoms with Gasteiger partial charge >= 0.3 is 18.3 Å². The lowest BCUT2D eigenvalue weighted by molar-refractivity contribution is -0.163. The molecule has 0 aliphatic heterocycles. The third-order valence-corrected chi connectivity index (χ3v) is 4.16. The second kappa shape index (κ2) is 7.73. The maximum absolute atomic E-state index is 13.7. The predicted molar refractivity (Wildman–Crippen MR) is 92.1 cm³/mol. The number of carbonyl (C=O) groups is 1. The van der Waals surface area contributed by atoms with E-state index in [4.69, 9.17) is 5.11 Å². The van der Waals surface area contributed by atoms with E-state index in [2.05, 4.69) is 5.32 Å². The van der Waals surface area contributed by atoms with Crippen molar-refractivity contribution in [2.24, 2.45) is 0 Å². The molecule has 0 bridgehead atoms. The fraction of sp³-hybridized carbons (Fsp3) is 0.316. The number of hydrogen-bond donors (Lipinski definition) is 2. The summed E-state index contributed by atoms with van der Waals surface area (Å²) in [5, 5.41) is 11.7. The van der Waals surface area contributed by atoms with E-state index < -0.39 is 47.0 Å². The molecule has 0 aliphatic rings. The Labute approximate surface area is 157 Å². The zero-order valence-corrected chi connectivity index (χ0v) is 14.9. The molecule has 0 saturated heterocycles. The topological polar surface area (TPSA) is 49.3 Å². The SMILES string of the molecule is CCNc1c(CC(=O)O)c(C(F)(F)F)c(C(F)(F)F)c(C)c1-c1ccccc1. The number of halogens is 6. The minimum absolute atomic E-state index is 0.0918. The molecule has 152 valence electrons. The normalized spacial score (nSPS) is 12.1. The molecule has 0 saturated carbocycles. The standard InChI is InChI=1S/C19H17F6NO2/c1-3-26-17-12(9-13(27)28)16(19(23,24)25)15(18(20,21)22)10(2)14(17)11-7-5-4-6-8-11/h4-8,26H,3,9H2,1-2H3,(H,27,28). The molecule has 0 fully saturated rings. The fourth-order valence-electron chi connectivity index (χ4n) is 3.26.